The Kier molecular flexibility index (Phi) is 3.89. The van der Waals surface area contributed by atoms with Gasteiger partial charge >= 0.3 is 0 Å². The number of aromatic nitrogens is 2. The summed E-state index contributed by atoms with van der Waals surface area (Å²) in [6, 6.07) is 15.7. The number of nitrogens with one attached hydrogen (secondary N) is 3. The van der Waals surface area contributed by atoms with Crippen molar-refractivity contribution in [2.45, 2.75) is 13.0 Å². The monoisotopic (exact) mass is 348 g/mol. The molecule has 3 N–H and O–H groups in total. The topological polar surface area (TPSA) is 100 Å². The molecule has 1 unspecified atom stereocenters. The maximum absolute atomic E-state index is 12.3. The second-order valence-electron chi connectivity index (χ2n) is 5.94. The van der Waals surface area contributed by atoms with Gasteiger partial charge in [0.2, 0.25) is 11.9 Å². The van der Waals surface area contributed by atoms with Gasteiger partial charge in [0, 0.05) is 5.39 Å². The molecule has 2 aromatic carbocycles. The molecule has 0 radical (unpaired) electrons. The van der Waals surface area contributed by atoms with E-state index in [9.17, 15) is 9.59 Å². The minimum atomic E-state index is -0.760. The van der Waals surface area contributed by atoms with E-state index in [4.69, 9.17) is 4.42 Å². The first kappa shape index (κ1) is 15.9. The number of fused-ring (bicyclic) bond motifs is 2. The number of H-pyrrole nitrogens is 1. The first-order valence-electron chi connectivity index (χ1n) is 8.15. The summed E-state index contributed by atoms with van der Waals surface area (Å²) in [5.41, 5.74) is 2.19. The number of amides is 2. The van der Waals surface area contributed by atoms with Gasteiger partial charge in [-0.2, -0.15) is 0 Å². The van der Waals surface area contributed by atoms with Crippen molar-refractivity contribution in [2.24, 2.45) is 0 Å². The van der Waals surface area contributed by atoms with Crippen molar-refractivity contribution < 1.29 is 14.0 Å². The van der Waals surface area contributed by atoms with E-state index in [-0.39, 0.29) is 11.7 Å². The third-order valence-electron chi connectivity index (χ3n) is 4.02. The number of nitrogens with zero attached hydrogens (tertiary/aromatic N) is 1. The van der Waals surface area contributed by atoms with Gasteiger partial charge in [0.15, 0.2) is 5.76 Å². The maximum atomic E-state index is 12.3. The quantitative estimate of drug-likeness (QED) is 0.528. The van der Waals surface area contributed by atoms with Crippen LogP contribution in [0.5, 0.6) is 0 Å². The van der Waals surface area contributed by atoms with Gasteiger partial charge < -0.3 is 14.7 Å². The second kappa shape index (κ2) is 6.36. The third-order valence-corrected chi connectivity index (χ3v) is 4.02. The third kappa shape index (κ3) is 3.02. The van der Waals surface area contributed by atoms with Crippen LogP contribution in [0.1, 0.15) is 17.5 Å². The van der Waals surface area contributed by atoms with E-state index in [0.717, 1.165) is 16.4 Å². The fourth-order valence-corrected chi connectivity index (χ4v) is 2.66. The first-order valence-corrected chi connectivity index (χ1v) is 8.15. The summed E-state index contributed by atoms with van der Waals surface area (Å²) in [6.07, 6.45) is 0. The summed E-state index contributed by atoms with van der Waals surface area (Å²) in [4.78, 5) is 31.9. The molecule has 2 aromatic heterocycles. The lowest BCUT2D eigenvalue weighted by molar-refractivity contribution is -0.117. The van der Waals surface area contributed by atoms with E-state index >= 15 is 0 Å². The fraction of sp³-hybridized carbons (Fsp3) is 0.105. The van der Waals surface area contributed by atoms with Crippen LogP contribution in [0.15, 0.2) is 59.0 Å². The average molecular weight is 348 g/mol. The molecule has 0 fully saturated rings. The Morgan fingerprint density at radius 3 is 2.69 bits per heavy atom. The number of furan rings is 1. The molecule has 2 amide bonds. The number of carbonyl (C=O) groups excluding carboxylic acids is 2. The average Bonchev–Trinajstić information content (AvgIpc) is 3.24. The van der Waals surface area contributed by atoms with Gasteiger partial charge in [0.25, 0.3) is 5.91 Å². The van der Waals surface area contributed by atoms with Crippen LogP contribution < -0.4 is 10.6 Å². The van der Waals surface area contributed by atoms with E-state index in [1.54, 1.807) is 19.1 Å². The zero-order chi connectivity index (χ0) is 18.1. The Hall–Kier alpha value is -3.61. The molecule has 4 rings (SSSR count). The fourth-order valence-electron chi connectivity index (χ4n) is 2.66. The molecule has 7 heteroatoms. The molecule has 0 aliphatic heterocycles. The van der Waals surface area contributed by atoms with Crippen LogP contribution in [-0.2, 0) is 4.79 Å². The van der Waals surface area contributed by atoms with Crippen LogP contribution in [0.25, 0.3) is 22.0 Å². The van der Waals surface area contributed by atoms with Crippen LogP contribution in [0, 0.1) is 0 Å². The lowest BCUT2D eigenvalue weighted by atomic mass is 10.2. The largest absolute Gasteiger partial charge is 0.451 e. The smallest absolute Gasteiger partial charge is 0.287 e. The number of hydrogen-bond acceptors (Lipinski definition) is 4. The Morgan fingerprint density at radius 2 is 1.88 bits per heavy atom. The molecule has 0 aliphatic rings. The van der Waals surface area contributed by atoms with Crippen molar-refractivity contribution in [3.05, 3.63) is 60.4 Å². The highest BCUT2D eigenvalue weighted by Crippen LogP contribution is 2.19. The van der Waals surface area contributed by atoms with Crippen LogP contribution >= 0.6 is 0 Å². The summed E-state index contributed by atoms with van der Waals surface area (Å²) in [6.45, 7) is 1.60. The standard InChI is InChI=1S/C19H16N4O3/c1-11(17(24)23-19-21-13-7-3-4-8-14(13)22-19)20-18(25)16-10-12-6-2-5-9-15(12)26-16/h2-11H,1H3,(H,20,25)(H2,21,22,23,24). The highest BCUT2D eigenvalue weighted by atomic mass is 16.3. The molecule has 2 heterocycles. The summed E-state index contributed by atoms with van der Waals surface area (Å²) >= 11 is 0. The van der Waals surface area contributed by atoms with E-state index in [2.05, 4.69) is 20.6 Å². The lowest BCUT2D eigenvalue weighted by Gasteiger charge is -2.11. The van der Waals surface area contributed by atoms with Gasteiger partial charge in [0.05, 0.1) is 11.0 Å². The van der Waals surface area contributed by atoms with Crippen LogP contribution in [0.2, 0.25) is 0 Å². The lowest BCUT2D eigenvalue weighted by Crippen LogP contribution is -2.41. The molecule has 0 spiro atoms. The molecule has 130 valence electrons. The van der Waals surface area contributed by atoms with Gasteiger partial charge in [-0.1, -0.05) is 30.3 Å². The predicted molar refractivity (Wildman–Crippen MR) is 97.9 cm³/mol. The molecule has 1 atom stereocenters. The van der Waals surface area contributed by atoms with Gasteiger partial charge in [0.1, 0.15) is 11.6 Å². The number of benzene rings is 2. The molecular weight excluding hydrogens is 332 g/mol. The van der Waals surface area contributed by atoms with Crippen molar-refractivity contribution in [1.29, 1.82) is 0 Å². The van der Waals surface area contributed by atoms with Gasteiger partial charge in [-0.05, 0) is 31.2 Å². The normalized spacial score (nSPS) is 12.2. The van der Waals surface area contributed by atoms with E-state index in [0.29, 0.717) is 11.5 Å². The number of imidazole rings is 1. The van der Waals surface area contributed by atoms with Crippen molar-refractivity contribution in [1.82, 2.24) is 15.3 Å². The first-order chi connectivity index (χ1) is 12.6. The summed E-state index contributed by atoms with van der Waals surface area (Å²) in [5, 5.41) is 6.12. The van der Waals surface area contributed by atoms with Crippen molar-refractivity contribution in [2.75, 3.05) is 5.32 Å². The number of anilines is 1. The van der Waals surface area contributed by atoms with Crippen LogP contribution in [0.4, 0.5) is 5.95 Å². The molecular formula is C19H16N4O3. The molecule has 0 saturated heterocycles. The number of hydrogen-bond donors (Lipinski definition) is 3. The van der Waals surface area contributed by atoms with Crippen molar-refractivity contribution in [3.8, 4) is 0 Å². The predicted octanol–water partition coefficient (Wildman–Crippen LogP) is 3.07. The Bertz CT molecular complexity index is 1050. The molecule has 0 saturated carbocycles. The van der Waals surface area contributed by atoms with Gasteiger partial charge in [-0.15, -0.1) is 0 Å². The zero-order valence-electron chi connectivity index (χ0n) is 13.9. The highest BCUT2D eigenvalue weighted by Gasteiger charge is 2.20. The summed E-state index contributed by atoms with van der Waals surface area (Å²) in [5.74, 6) is -0.336. The Labute approximate surface area is 148 Å². The molecule has 4 aromatic rings. The molecule has 26 heavy (non-hydrogen) atoms. The van der Waals surface area contributed by atoms with E-state index in [1.165, 1.54) is 0 Å². The number of para-hydroxylation sites is 3. The maximum Gasteiger partial charge on any atom is 0.287 e. The molecule has 0 aliphatic carbocycles. The molecule has 0 bridgehead atoms. The van der Waals surface area contributed by atoms with Crippen LogP contribution in [-0.4, -0.2) is 27.8 Å². The van der Waals surface area contributed by atoms with Crippen molar-refractivity contribution in [3.63, 3.8) is 0 Å². The number of aromatic amines is 1. The van der Waals surface area contributed by atoms with Gasteiger partial charge in [-0.3, -0.25) is 14.9 Å². The van der Waals surface area contributed by atoms with E-state index in [1.807, 2.05) is 42.5 Å². The van der Waals surface area contributed by atoms with Crippen LogP contribution in [0.3, 0.4) is 0 Å². The second-order valence-corrected chi connectivity index (χ2v) is 5.94. The minimum absolute atomic E-state index is 0.162. The number of rotatable bonds is 4. The Morgan fingerprint density at radius 1 is 1.12 bits per heavy atom. The number of carbonyl (C=O) groups is 2. The SMILES string of the molecule is CC(NC(=O)c1cc2ccccc2o1)C(=O)Nc1nc2ccccc2[nH]1. The highest BCUT2D eigenvalue weighted by molar-refractivity contribution is 6.01. The van der Waals surface area contributed by atoms with Gasteiger partial charge in [-0.25, -0.2) is 4.98 Å². The molecule has 7 nitrogen and oxygen atoms in total. The summed E-state index contributed by atoms with van der Waals surface area (Å²) in [7, 11) is 0. The zero-order valence-corrected chi connectivity index (χ0v) is 13.9. The Balaban J connectivity index is 1.43. The minimum Gasteiger partial charge on any atom is -0.451 e. The van der Waals surface area contributed by atoms with E-state index < -0.39 is 11.9 Å². The van der Waals surface area contributed by atoms with Crippen molar-refractivity contribution >= 4 is 39.8 Å². The summed E-state index contributed by atoms with van der Waals surface area (Å²) < 4.78 is 5.51.